The van der Waals surface area contributed by atoms with Crippen LogP contribution in [-0.2, 0) is 63.8 Å². The Bertz CT molecular complexity index is 6490. The molecule has 4 aromatic rings. The number of nitrogens with zero attached hydrogens (tertiary/aromatic N) is 4. The number of esters is 4. The van der Waals surface area contributed by atoms with Gasteiger partial charge in [0, 0.05) is 186 Å². The molecule has 120 heavy (non-hydrogen) atoms. The van der Waals surface area contributed by atoms with E-state index in [4.69, 9.17) is 129 Å². The number of methoxy groups -OCH3 is 8. The Labute approximate surface area is 791 Å². The fraction of sp³-hybridized carbons (Fsp3) is 0.708. The van der Waals surface area contributed by atoms with Crippen molar-refractivity contribution >= 4 is 23.9 Å². The summed E-state index contributed by atoms with van der Waals surface area (Å²) >= 11 is 0. The van der Waals surface area contributed by atoms with Crippen molar-refractivity contribution in [2.45, 2.75) is 260 Å². The highest BCUT2D eigenvalue weighted by molar-refractivity contribution is 5.77. The van der Waals surface area contributed by atoms with Gasteiger partial charge in [0.15, 0.2) is 46.0 Å². The summed E-state index contributed by atoms with van der Waals surface area (Å²) in [7, 11) is 2.11. The molecule has 0 amide bonds. The van der Waals surface area contributed by atoms with Crippen LogP contribution in [0.4, 0.5) is 0 Å². The zero-order chi connectivity index (χ0) is 134. The first-order valence-electron chi connectivity index (χ1n) is 65.1. The summed E-state index contributed by atoms with van der Waals surface area (Å²) in [6.07, 6.45) is -40.5. The van der Waals surface area contributed by atoms with Crippen LogP contribution in [0.2, 0.25) is 0 Å². The molecule has 0 bridgehead atoms. The van der Waals surface area contributed by atoms with Crippen LogP contribution in [-0.4, -0.2) is 201 Å². The van der Waals surface area contributed by atoms with Gasteiger partial charge in [-0.2, -0.15) is 0 Å². The highest BCUT2D eigenvalue weighted by Gasteiger charge is 2.47. The first kappa shape index (κ1) is 47.2. The van der Waals surface area contributed by atoms with E-state index in [0.717, 1.165) is 25.7 Å². The lowest BCUT2D eigenvalue weighted by Gasteiger charge is -2.47. The SMILES string of the molecule is [2H]C([2H])([2H])C([2H])(C)C([2H])([2H])C1([2H])C([2H])([2H])N2CCc3cc(OC)c(OC)cc3C2C([2H])([2H])C1([2H])OC(=O)[C@@H](N)C(C)C.[2H]C([2H])([2H])Oc1cc2c(cc1OC)C1N(CC2)C([2H])([2H])C([2H])(C([2H])([2H])C([2H])(C)C([2H])([2H])[2H])C(OC(=O)[C@@H](N)C(C)C)C1([2H])[2H].[2H]C([2H])([2H])Oc1cc2c(cc1OC)C1N(CC2)C([2H])([2H])C([2H])(C([2H])([2H])C([2H])(C)C([2H])([2H])[2H])C([2H])(OC(=O)[C@@H](N)C(C)C)C1([2H])[2H].[2H]C1([2H])C2c3cc(OC)c(OC)cc3CCN2C([2H])([2H])C([2H])(C([2H])([2H])C([2H])(C)C([2H])([2H])[2H])C1OC(=O)[C@@H](N)C(C)C. The van der Waals surface area contributed by atoms with Crippen LogP contribution in [0.25, 0.3) is 0 Å². The quantitative estimate of drug-likeness (QED) is 0.0303. The van der Waals surface area contributed by atoms with E-state index in [1.54, 1.807) is 39.8 Å². The molecule has 24 nitrogen and oxygen atoms in total. The van der Waals surface area contributed by atoms with Crippen LogP contribution >= 0.6 is 0 Å². The predicted octanol–water partition coefficient (Wildman–Crippen LogP) is 14.3. The lowest BCUT2D eigenvalue weighted by atomic mass is 9.79. The summed E-state index contributed by atoms with van der Waals surface area (Å²) < 4.78 is 512. The fourth-order valence-corrected chi connectivity index (χ4v) is 13.7. The molecule has 4 saturated heterocycles. The van der Waals surface area contributed by atoms with Crippen molar-refractivity contribution in [1.82, 2.24) is 19.6 Å². The fourth-order valence-electron chi connectivity index (χ4n) is 13.7. The van der Waals surface area contributed by atoms with Gasteiger partial charge in [0.2, 0.25) is 0 Å². The molecular formula is C96H152N8O16. The standard InChI is InChI=1S/4C24H38N2O4/c4*1-14(2)9-17-13-26-8-7-16-10-21(28-5)22(29-6)11-18(16)19(26)12-20(17)30-24(27)23(25)15(3)4/h4*10-11,14-15,17,19-20,23H,7-9,12-13,25H2,1-6H3/t4*17?,19?,20?,23-/m0000/s1/i1D3,5D3,9D2,12D2,13D2,14D,17D,20D;1D3,9D2,12D2,13D2,14D,17D,20D;1D3,5D3,9D2,12D2,13D2,14D,17D;1D3,9D2,12D2,13D2,14D,17D/t4*14?,17?,19?,20?,23-. The van der Waals surface area contributed by atoms with Crippen molar-refractivity contribution in [2.75, 3.05) is 109 Å². The number of benzene rings is 4. The minimum absolute atomic E-state index is 0.0536. The van der Waals surface area contributed by atoms with Crippen molar-refractivity contribution in [3.8, 4) is 46.0 Å². The molecule has 8 heterocycles. The summed E-state index contributed by atoms with van der Waals surface area (Å²) in [4.78, 5) is 56.2. The first-order chi connectivity index (χ1) is 76.9. The van der Waals surface area contributed by atoms with Crippen molar-refractivity contribution in [3.05, 3.63) is 93.0 Å². The smallest absolute Gasteiger partial charge is 0.323 e. The number of nitrogens with two attached hydrogens (primary N) is 4. The first-order valence-corrected chi connectivity index (χ1v) is 39.1. The van der Waals surface area contributed by atoms with Gasteiger partial charge in [0.1, 0.15) is 48.5 Å². The topological polar surface area (TPSA) is 296 Å². The molecule has 8 aliphatic heterocycles. The van der Waals surface area contributed by atoms with Crippen LogP contribution in [0.1, 0.15) is 301 Å². The van der Waals surface area contributed by atoms with Crippen LogP contribution in [0.5, 0.6) is 46.0 Å². The van der Waals surface area contributed by atoms with Crippen molar-refractivity contribution in [2.24, 2.45) is 93.8 Å². The molecule has 20 atom stereocenters. The molecule has 4 fully saturated rings. The van der Waals surface area contributed by atoms with Gasteiger partial charge in [0.05, 0.1) is 67.7 Å². The van der Waals surface area contributed by atoms with E-state index in [-0.39, 0.29) is 108 Å². The number of rotatable bonds is 28. The van der Waals surface area contributed by atoms with E-state index < -0.39 is 292 Å². The summed E-state index contributed by atoms with van der Waals surface area (Å²) in [5.41, 5.74) is 25.7. The average Bonchev–Trinajstić information content (AvgIpc) is 0.648. The van der Waals surface area contributed by atoms with E-state index in [1.165, 1.54) is 101 Å². The van der Waals surface area contributed by atoms with Gasteiger partial charge in [-0.25, -0.2) is 0 Å². The molecule has 4 aromatic carbocycles. The summed E-state index contributed by atoms with van der Waals surface area (Å²) in [6.45, 7) is -13.5. The minimum atomic E-state index is -3.95. The number of hydrogen-bond acceptors (Lipinski definition) is 24. The molecule has 8 aliphatic rings. The second-order valence-corrected chi connectivity index (χ2v) is 30.7. The second-order valence-electron chi connectivity index (χ2n) is 30.7. The van der Waals surface area contributed by atoms with Gasteiger partial charge >= 0.3 is 23.9 Å². The average molecular weight is 1730 g/mol. The zero-order valence-electron chi connectivity index (χ0n) is 123. The molecule has 0 aromatic heterocycles. The summed E-state index contributed by atoms with van der Waals surface area (Å²) in [5, 5.41) is 0. The monoisotopic (exact) mass is 1730 g/mol. The van der Waals surface area contributed by atoms with Crippen molar-refractivity contribution in [1.29, 1.82) is 0 Å². The molecule has 0 radical (unpaired) electrons. The maximum Gasteiger partial charge on any atom is 0.323 e. The van der Waals surface area contributed by atoms with Gasteiger partial charge in [0.25, 0.3) is 0 Å². The molecule has 0 saturated carbocycles. The van der Waals surface area contributed by atoms with Gasteiger partial charge in [-0.3, -0.25) is 38.8 Å². The zero-order valence-corrected chi connectivity index (χ0v) is 71.0. The number of fused-ring (bicyclic) bond motifs is 12. The van der Waals surface area contributed by atoms with Gasteiger partial charge in [-0.05, 0) is 191 Å². The molecular weight excluding hydrogens is 1520 g/mol. The summed E-state index contributed by atoms with van der Waals surface area (Å²) in [6, 6.07) is -1.68. The second kappa shape index (κ2) is 43.9. The Kier molecular flexibility index (Phi) is 17.3. The number of carbonyl (C=O) groups is 4. The van der Waals surface area contributed by atoms with E-state index in [2.05, 4.69) is 0 Å². The third-order valence-electron chi connectivity index (χ3n) is 20.6. The molecule has 16 unspecified atom stereocenters. The molecule has 0 aliphatic carbocycles. The lowest BCUT2D eigenvalue weighted by Crippen LogP contribution is -2.51. The normalized spacial score (nSPS) is 41.4. The Morgan fingerprint density at radius 3 is 0.833 bits per heavy atom. The number of piperidine rings is 4. The Morgan fingerprint density at radius 2 is 0.592 bits per heavy atom. The highest BCUT2D eigenvalue weighted by Crippen LogP contribution is 2.50. The predicted molar refractivity (Wildman–Crippen MR) is 471 cm³/mol. The summed E-state index contributed by atoms with van der Waals surface area (Å²) in [5.74, 6) is -35.3. The number of hydrogen-bond donors (Lipinski definition) is 4. The highest BCUT2D eigenvalue weighted by atomic mass is 16.6. The Morgan fingerprint density at radius 1 is 0.367 bits per heavy atom. The van der Waals surface area contributed by atoms with E-state index in [1.807, 2.05) is 0 Å². The minimum Gasteiger partial charge on any atom is -0.493 e. The van der Waals surface area contributed by atoms with Gasteiger partial charge in [-0.1, -0.05) is 110 Å². The molecule has 8 N–H and O–H groups in total. The van der Waals surface area contributed by atoms with E-state index >= 15 is 0 Å². The molecule has 24 heteroatoms. The van der Waals surface area contributed by atoms with E-state index in [9.17, 15) is 41.1 Å². The van der Waals surface area contributed by atoms with Crippen molar-refractivity contribution < 1.29 is 147 Å². The van der Waals surface area contributed by atoms with Crippen LogP contribution in [0.15, 0.2) is 48.5 Å². The molecule has 672 valence electrons. The maximum absolute atomic E-state index is 13.3. The third-order valence-corrected chi connectivity index (χ3v) is 20.6. The van der Waals surface area contributed by atoms with Crippen LogP contribution in [0, 0.1) is 70.8 Å². The Balaban J connectivity index is 0.000000251. The number of carbonyl (C=O) groups excluding carboxylic acids is 4. The largest absolute Gasteiger partial charge is 0.493 e. The van der Waals surface area contributed by atoms with Crippen LogP contribution in [0.3, 0.4) is 0 Å². The number of ether oxygens (including phenoxy) is 12. The van der Waals surface area contributed by atoms with Crippen LogP contribution < -0.4 is 60.8 Å². The Hall–Kier alpha value is -7.16. The van der Waals surface area contributed by atoms with Gasteiger partial charge in [-0.15, -0.1) is 0 Å². The maximum atomic E-state index is 13.3. The molecule has 12 rings (SSSR count). The molecule has 0 spiro atoms. The third kappa shape index (κ3) is 23.8. The van der Waals surface area contributed by atoms with Crippen molar-refractivity contribution in [3.63, 3.8) is 0 Å². The van der Waals surface area contributed by atoms with Gasteiger partial charge < -0.3 is 79.8 Å². The lowest BCUT2D eigenvalue weighted by molar-refractivity contribution is -0.161. The van der Waals surface area contributed by atoms with E-state index in [0.29, 0.717) is 55.9 Å².